The molecule has 0 saturated heterocycles. The van der Waals surface area contributed by atoms with Crippen LogP contribution in [0.4, 0.5) is 4.39 Å². The molecule has 0 radical (unpaired) electrons. The normalized spacial score (nSPS) is 20.5. The van der Waals surface area contributed by atoms with Gasteiger partial charge in [-0.05, 0) is 43.0 Å². The number of aromatic nitrogens is 1. The van der Waals surface area contributed by atoms with Gasteiger partial charge in [0.05, 0.1) is 6.10 Å². The van der Waals surface area contributed by atoms with E-state index in [0.29, 0.717) is 0 Å². The van der Waals surface area contributed by atoms with Gasteiger partial charge in [-0.15, -0.1) is 0 Å². The van der Waals surface area contributed by atoms with Crippen molar-refractivity contribution in [1.82, 2.24) is 4.98 Å². The minimum Gasteiger partial charge on any atom is -0.387 e. The SMILES string of the molecule is OC1CCCc2c1[nH]c1ccc(F)cc21. The number of benzene rings is 1. The molecule has 78 valence electrons. The van der Waals surface area contributed by atoms with E-state index in [0.717, 1.165) is 41.4 Å². The Balaban J connectivity index is 2.31. The highest BCUT2D eigenvalue weighted by Gasteiger charge is 2.22. The average molecular weight is 205 g/mol. The highest BCUT2D eigenvalue weighted by molar-refractivity contribution is 5.85. The highest BCUT2D eigenvalue weighted by Crippen LogP contribution is 2.34. The molecule has 0 saturated carbocycles. The molecule has 1 aromatic carbocycles. The molecule has 1 aliphatic rings. The molecule has 0 aliphatic heterocycles. The smallest absolute Gasteiger partial charge is 0.123 e. The molecule has 2 N–H and O–H groups in total. The molecular formula is C12H12FNO. The molecule has 1 heterocycles. The van der Waals surface area contributed by atoms with Gasteiger partial charge in [0, 0.05) is 16.6 Å². The summed E-state index contributed by atoms with van der Waals surface area (Å²) in [5.74, 6) is -0.218. The van der Waals surface area contributed by atoms with Gasteiger partial charge >= 0.3 is 0 Å². The molecule has 2 aromatic rings. The summed E-state index contributed by atoms with van der Waals surface area (Å²) in [5.41, 5.74) is 2.88. The molecule has 2 nitrogen and oxygen atoms in total. The number of aryl methyl sites for hydroxylation is 1. The Morgan fingerprint density at radius 2 is 2.27 bits per heavy atom. The standard InChI is InChI=1S/C12H12FNO/c13-7-4-5-10-9(6-7)8-2-1-3-11(15)12(8)14-10/h4-6,11,14-15H,1-3H2. The van der Waals surface area contributed by atoms with Gasteiger partial charge in [0.2, 0.25) is 0 Å². The third-order valence-corrected chi connectivity index (χ3v) is 3.14. The summed E-state index contributed by atoms with van der Waals surface area (Å²) >= 11 is 0. The van der Waals surface area contributed by atoms with Gasteiger partial charge in [0.25, 0.3) is 0 Å². The fraction of sp³-hybridized carbons (Fsp3) is 0.333. The molecule has 0 bridgehead atoms. The van der Waals surface area contributed by atoms with Crippen LogP contribution in [-0.4, -0.2) is 10.1 Å². The van der Waals surface area contributed by atoms with E-state index in [1.807, 2.05) is 0 Å². The first-order valence-corrected chi connectivity index (χ1v) is 5.24. The zero-order valence-corrected chi connectivity index (χ0v) is 8.26. The quantitative estimate of drug-likeness (QED) is 0.681. The lowest BCUT2D eigenvalue weighted by atomic mass is 9.93. The molecule has 1 aromatic heterocycles. The first kappa shape index (κ1) is 8.92. The third-order valence-electron chi connectivity index (χ3n) is 3.14. The second-order valence-electron chi connectivity index (χ2n) is 4.12. The average Bonchev–Trinajstić information content (AvgIpc) is 2.58. The molecular weight excluding hydrogens is 193 g/mol. The number of halogens is 1. The number of aliphatic hydroxyl groups is 1. The van der Waals surface area contributed by atoms with E-state index in [1.54, 1.807) is 12.1 Å². The molecule has 15 heavy (non-hydrogen) atoms. The summed E-state index contributed by atoms with van der Waals surface area (Å²) in [6.45, 7) is 0. The van der Waals surface area contributed by atoms with Crippen LogP contribution in [0.2, 0.25) is 0 Å². The Morgan fingerprint density at radius 3 is 3.13 bits per heavy atom. The van der Waals surface area contributed by atoms with Crippen LogP contribution in [0.5, 0.6) is 0 Å². The van der Waals surface area contributed by atoms with Crippen LogP contribution in [0.3, 0.4) is 0 Å². The van der Waals surface area contributed by atoms with Gasteiger partial charge in [-0.25, -0.2) is 4.39 Å². The van der Waals surface area contributed by atoms with Crippen LogP contribution in [-0.2, 0) is 6.42 Å². The lowest BCUT2D eigenvalue weighted by Crippen LogP contribution is -2.07. The van der Waals surface area contributed by atoms with Crippen molar-refractivity contribution in [1.29, 1.82) is 0 Å². The lowest BCUT2D eigenvalue weighted by Gasteiger charge is -2.17. The molecule has 1 atom stereocenters. The number of rotatable bonds is 0. The number of H-pyrrole nitrogens is 1. The van der Waals surface area contributed by atoms with Gasteiger partial charge < -0.3 is 10.1 Å². The minimum atomic E-state index is -0.413. The van der Waals surface area contributed by atoms with Gasteiger partial charge in [0.1, 0.15) is 5.82 Å². The predicted octanol–water partition coefficient (Wildman–Crippen LogP) is 2.68. The van der Waals surface area contributed by atoms with Crippen LogP contribution in [0.1, 0.15) is 30.2 Å². The van der Waals surface area contributed by atoms with Crippen LogP contribution in [0, 0.1) is 5.82 Å². The number of aliphatic hydroxyl groups excluding tert-OH is 1. The second-order valence-corrected chi connectivity index (χ2v) is 4.12. The molecule has 3 heteroatoms. The first-order valence-electron chi connectivity index (χ1n) is 5.24. The topological polar surface area (TPSA) is 36.0 Å². The van der Waals surface area contributed by atoms with E-state index in [-0.39, 0.29) is 5.82 Å². The Hall–Kier alpha value is -1.35. The van der Waals surface area contributed by atoms with Crippen molar-refractivity contribution in [3.05, 3.63) is 35.3 Å². The summed E-state index contributed by atoms with van der Waals surface area (Å²) < 4.78 is 13.1. The number of hydrogen-bond acceptors (Lipinski definition) is 1. The van der Waals surface area contributed by atoms with Crippen LogP contribution in [0.15, 0.2) is 18.2 Å². The predicted molar refractivity (Wildman–Crippen MR) is 56.2 cm³/mol. The van der Waals surface area contributed by atoms with Crippen molar-refractivity contribution >= 4 is 10.9 Å². The van der Waals surface area contributed by atoms with Crippen molar-refractivity contribution in [3.63, 3.8) is 0 Å². The maximum atomic E-state index is 13.1. The zero-order chi connectivity index (χ0) is 10.4. The lowest BCUT2D eigenvalue weighted by molar-refractivity contribution is 0.153. The molecule has 0 fully saturated rings. The van der Waals surface area contributed by atoms with Crippen LogP contribution < -0.4 is 0 Å². The number of aromatic amines is 1. The molecule has 0 spiro atoms. The van der Waals surface area contributed by atoms with Crippen molar-refractivity contribution in [3.8, 4) is 0 Å². The monoisotopic (exact) mass is 205 g/mol. The van der Waals surface area contributed by atoms with Crippen molar-refractivity contribution < 1.29 is 9.50 Å². The fourth-order valence-electron chi connectivity index (χ4n) is 2.41. The molecule has 0 amide bonds. The van der Waals surface area contributed by atoms with Crippen molar-refractivity contribution in [2.75, 3.05) is 0 Å². The zero-order valence-electron chi connectivity index (χ0n) is 8.26. The summed E-state index contributed by atoms with van der Waals surface area (Å²) in [6.07, 6.45) is 2.28. The number of nitrogens with one attached hydrogen (secondary N) is 1. The third kappa shape index (κ3) is 1.27. The molecule has 1 unspecified atom stereocenters. The van der Waals surface area contributed by atoms with Gasteiger partial charge in [-0.1, -0.05) is 0 Å². The minimum absolute atomic E-state index is 0.218. The molecule has 1 aliphatic carbocycles. The van der Waals surface area contributed by atoms with Gasteiger partial charge in [-0.2, -0.15) is 0 Å². The van der Waals surface area contributed by atoms with E-state index in [4.69, 9.17) is 0 Å². The Bertz CT molecular complexity index is 518. The van der Waals surface area contributed by atoms with Crippen molar-refractivity contribution in [2.45, 2.75) is 25.4 Å². The van der Waals surface area contributed by atoms with Gasteiger partial charge in [-0.3, -0.25) is 0 Å². The first-order chi connectivity index (χ1) is 7.25. The van der Waals surface area contributed by atoms with Crippen LogP contribution in [0.25, 0.3) is 10.9 Å². The number of fused-ring (bicyclic) bond motifs is 3. The fourth-order valence-corrected chi connectivity index (χ4v) is 2.41. The van der Waals surface area contributed by atoms with Crippen LogP contribution >= 0.6 is 0 Å². The summed E-state index contributed by atoms with van der Waals surface area (Å²) in [5, 5.41) is 10.7. The Labute approximate surface area is 86.7 Å². The van der Waals surface area contributed by atoms with E-state index in [2.05, 4.69) is 4.98 Å². The Kier molecular flexibility index (Phi) is 1.83. The van der Waals surface area contributed by atoms with E-state index < -0.39 is 6.10 Å². The van der Waals surface area contributed by atoms with Gasteiger partial charge in [0.15, 0.2) is 0 Å². The highest BCUT2D eigenvalue weighted by atomic mass is 19.1. The maximum absolute atomic E-state index is 13.1. The van der Waals surface area contributed by atoms with E-state index in [9.17, 15) is 9.50 Å². The Morgan fingerprint density at radius 1 is 1.40 bits per heavy atom. The summed E-state index contributed by atoms with van der Waals surface area (Å²) in [6, 6.07) is 4.72. The second kappa shape index (κ2) is 3.07. The number of hydrogen-bond donors (Lipinski definition) is 2. The maximum Gasteiger partial charge on any atom is 0.123 e. The van der Waals surface area contributed by atoms with Crippen molar-refractivity contribution in [2.24, 2.45) is 0 Å². The summed E-state index contributed by atoms with van der Waals surface area (Å²) in [4.78, 5) is 3.18. The van der Waals surface area contributed by atoms with E-state index >= 15 is 0 Å². The summed E-state index contributed by atoms with van der Waals surface area (Å²) in [7, 11) is 0. The largest absolute Gasteiger partial charge is 0.387 e. The van der Waals surface area contributed by atoms with E-state index in [1.165, 1.54) is 6.07 Å². The molecule has 3 rings (SSSR count).